The number of hydrogen-bond acceptors (Lipinski definition) is 3. The molecule has 0 aromatic heterocycles. The number of carbonyl (C=O) groups excluding carboxylic acids is 1. The van der Waals surface area contributed by atoms with Crippen LogP contribution in [0.15, 0.2) is 36.0 Å². The van der Waals surface area contributed by atoms with Gasteiger partial charge in [0.2, 0.25) is 0 Å². The Balaban J connectivity index is 2.64. The molecule has 0 saturated heterocycles. The van der Waals surface area contributed by atoms with E-state index in [4.69, 9.17) is 5.26 Å². The lowest BCUT2D eigenvalue weighted by Crippen LogP contribution is -2.28. The van der Waals surface area contributed by atoms with Gasteiger partial charge in [0, 0.05) is 18.4 Å². The van der Waals surface area contributed by atoms with Crippen LogP contribution in [0.25, 0.3) is 0 Å². The highest BCUT2D eigenvalue weighted by Gasteiger charge is 2.08. The Bertz CT molecular complexity index is 500. The number of nitriles is 1. The fourth-order valence-electron chi connectivity index (χ4n) is 1.24. The number of rotatable bonds is 5. The number of nitrogens with one attached hydrogen (secondary N) is 2. The predicted molar refractivity (Wildman–Crippen MR) is 71.6 cm³/mol. The Kier molecular flexibility index (Phi) is 5.55. The first-order valence-corrected chi connectivity index (χ1v) is 5.93. The van der Waals surface area contributed by atoms with E-state index >= 15 is 0 Å². The molecule has 0 bridgehead atoms. The van der Waals surface area contributed by atoms with Crippen LogP contribution in [0, 0.1) is 23.1 Å². The Morgan fingerprint density at radius 2 is 2.05 bits per heavy atom. The summed E-state index contributed by atoms with van der Waals surface area (Å²) >= 11 is 0. The largest absolute Gasteiger partial charge is 0.360 e. The minimum absolute atomic E-state index is 0.0232. The minimum atomic E-state index is -0.425. The molecular weight excluding hydrogens is 245 g/mol. The number of amides is 1. The van der Waals surface area contributed by atoms with Gasteiger partial charge in [0.25, 0.3) is 5.91 Å². The van der Waals surface area contributed by atoms with Gasteiger partial charge in [-0.2, -0.15) is 5.26 Å². The number of benzene rings is 1. The number of halogens is 1. The van der Waals surface area contributed by atoms with Gasteiger partial charge in [0.05, 0.1) is 0 Å². The van der Waals surface area contributed by atoms with Crippen molar-refractivity contribution in [3.63, 3.8) is 0 Å². The van der Waals surface area contributed by atoms with Crippen molar-refractivity contribution in [1.82, 2.24) is 5.32 Å². The van der Waals surface area contributed by atoms with E-state index in [0.717, 1.165) is 0 Å². The SMILES string of the molecule is CC(C)CNC(=O)/C(C#N)=C\Nc1ccc(F)cc1. The molecule has 1 aromatic rings. The summed E-state index contributed by atoms with van der Waals surface area (Å²) in [6, 6.07) is 7.45. The third-order valence-corrected chi connectivity index (χ3v) is 2.26. The molecule has 0 saturated carbocycles. The van der Waals surface area contributed by atoms with E-state index < -0.39 is 5.91 Å². The molecule has 1 aromatic carbocycles. The molecule has 0 aliphatic rings. The molecule has 4 nitrogen and oxygen atoms in total. The highest BCUT2D eigenvalue weighted by atomic mass is 19.1. The third kappa shape index (κ3) is 5.21. The number of nitrogens with zero attached hydrogens (tertiary/aromatic N) is 1. The lowest BCUT2D eigenvalue weighted by atomic mass is 10.2. The van der Waals surface area contributed by atoms with Gasteiger partial charge < -0.3 is 10.6 Å². The normalized spacial score (nSPS) is 11.0. The summed E-state index contributed by atoms with van der Waals surface area (Å²) in [5, 5.41) is 14.3. The second kappa shape index (κ2) is 7.17. The molecule has 0 fully saturated rings. The molecule has 2 N–H and O–H groups in total. The highest BCUT2D eigenvalue weighted by Crippen LogP contribution is 2.08. The van der Waals surface area contributed by atoms with Crippen molar-refractivity contribution in [2.24, 2.45) is 5.92 Å². The summed E-state index contributed by atoms with van der Waals surface area (Å²) in [6.45, 7) is 4.44. The van der Waals surface area contributed by atoms with E-state index in [1.54, 1.807) is 0 Å². The fourth-order valence-corrected chi connectivity index (χ4v) is 1.24. The zero-order valence-corrected chi connectivity index (χ0v) is 10.9. The summed E-state index contributed by atoms with van der Waals surface area (Å²) in [6.07, 6.45) is 1.31. The van der Waals surface area contributed by atoms with Gasteiger partial charge in [0.15, 0.2) is 0 Å². The highest BCUT2D eigenvalue weighted by molar-refractivity contribution is 5.97. The maximum Gasteiger partial charge on any atom is 0.263 e. The molecule has 0 aliphatic carbocycles. The van der Waals surface area contributed by atoms with Crippen LogP contribution in [0.4, 0.5) is 10.1 Å². The first kappa shape index (κ1) is 14.7. The maximum absolute atomic E-state index is 12.7. The number of hydrogen-bond donors (Lipinski definition) is 2. The van der Waals surface area contributed by atoms with Crippen molar-refractivity contribution in [2.75, 3.05) is 11.9 Å². The van der Waals surface area contributed by atoms with Crippen LogP contribution in [0.5, 0.6) is 0 Å². The van der Waals surface area contributed by atoms with Crippen molar-refractivity contribution in [1.29, 1.82) is 5.26 Å². The zero-order chi connectivity index (χ0) is 14.3. The van der Waals surface area contributed by atoms with E-state index in [-0.39, 0.29) is 11.4 Å². The van der Waals surface area contributed by atoms with Gasteiger partial charge in [-0.05, 0) is 30.2 Å². The molecule has 0 unspecified atom stereocenters. The lowest BCUT2D eigenvalue weighted by Gasteiger charge is -2.07. The smallest absolute Gasteiger partial charge is 0.263 e. The van der Waals surface area contributed by atoms with Gasteiger partial charge in [-0.1, -0.05) is 13.8 Å². The van der Waals surface area contributed by atoms with Gasteiger partial charge in [-0.25, -0.2) is 4.39 Å². The van der Waals surface area contributed by atoms with Crippen LogP contribution in [0.1, 0.15) is 13.8 Å². The van der Waals surface area contributed by atoms with Gasteiger partial charge >= 0.3 is 0 Å². The molecule has 100 valence electrons. The molecule has 0 aliphatic heterocycles. The van der Waals surface area contributed by atoms with Gasteiger partial charge in [0.1, 0.15) is 17.5 Å². The third-order valence-electron chi connectivity index (χ3n) is 2.26. The van der Waals surface area contributed by atoms with E-state index in [0.29, 0.717) is 18.2 Å². The first-order chi connectivity index (χ1) is 9.02. The van der Waals surface area contributed by atoms with Gasteiger partial charge in [-0.3, -0.25) is 4.79 Å². The summed E-state index contributed by atoms with van der Waals surface area (Å²) in [7, 11) is 0. The van der Waals surface area contributed by atoms with Crippen LogP contribution in [0.2, 0.25) is 0 Å². The van der Waals surface area contributed by atoms with E-state index in [1.165, 1.54) is 30.5 Å². The zero-order valence-electron chi connectivity index (χ0n) is 10.9. The van der Waals surface area contributed by atoms with Crippen molar-refractivity contribution >= 4 is 11.6 Å². The number of carbonyl (C=O) groups is 1. The molecule has 1 rings (SSSR count). The van der Waals surface area contributed by atoms with Crippen LogP contribution in [0.3, 0.4) is 0 Å². The average Bonchev–Trinajstić information content (AvgIpc) is 2.39. The first-order valence-electron chi connectivity index (χ1n) is 5.93. The Hall–Kier alpha value is -2.35. The number of anilines is 1. The molecular formula is C14H16FN3O. The molecule has 0 radical (unpaired) electrons. The fraction of sp³-hybridized carbons (Fsp3) is 0.286. The summed E-state index contributed by atoms with van der Waals surface area (Å²) in [5.41, 5.74) is 0.579. The Morgan fingerprint density at radius 1 is 1.42 bits per heavy atom. The van der Waals surface area contributed by atoms with E-state index in [1.807, 2.05) is 19.9 Å². The predicted octanol–water partition coefficient (Wildman–Crippen LogP) is 2.42. The Labute approximate surface area is 111 Å². The summed E-state index contributed by atoms with van der Waals surface area (Å²) in [5.74, 6) is -0.454. The monoisotopic (exact) mass is 261 g/mol. The quantitative estimate of drug-likeness (QED) is 0.632. The van der Waals surface area contributed by atoms with Crippen molar-refractivity contribution < 1.29 is 9.18 Å². The molecule has 5 heteroatoms. The van der Waals surface area contributed by atoms with Crippen molar-refractivity contribution in [3.8, 4) is 6.07 Å². The van der Waals surface area contributed by atoms with Crippen LogP contribution < -0.4 is 10.6 Å². The average molecular weight is 261 g/mol. The van der Waals surface area contributed by atoms with Crippen LogP contribution in [-0.2, 0) is 4.79 Å². The topological polar surface area (TPSA) is 64.9 Å². The van der Waals surface area contributed by atoms with E-state index in [9.17, 15) is 9.18 Å². The maximum atomic E-state index is 12.7. The van der Waals surface area contributed by atoms with Crippen molar-refractivity contribution in [2.45, 2.75) is 13.8 Å². The summed E-state index contributed by atoms with van der Waals surface area (Å²) in [4.78, 5) is 11.7. The van der Waals surface area contributed by atoms with Gasteiger partial charge in [-0.15, -0.1) is 0 Å². The lowest BCUT2D eigenvalue weighted by molar-refractivity contribution is -0.117. The minimum Gasteiger partial charge on any atom is -0.360 e. The second-order valence-corrected chi connectivity index (χ2v) is 4.42. The second-order valence-electron chi connectivity index (χ2n) is 4.42. The molecule has 0 atom stereocenters. The molecule has 1 amide bonds. The van der Waals surface area contributed by atoms with E-state index in [2.05, 4.69) is 10.6 Å². The Morgan fingerprint density at radius 3 is 2.58 bits per heavy atom. The standard InChI is InChI=1S/C14H16FN3O/c1-10(2)8-18-14(19)11(7-16)9-17-13-5-3-12(15)4-6-13/h3-6,9-10,17H,8H2,1-2H3,(H,18,19)/b11-9-. The molecule has 19 heavy (non-hydrogen) atoms. The van der Waals surface area contributed by atoms with Crippen molar-refractivity contribution in [3.05, 3.63) is 41.9 Å². The molecule has 0 spiro atoms. The van der Waals surface area contributed by atoms with Crippen LogP contribution >= 0.6 is 0 Å². The molecule has 0 heterocycles. The summed E-state index contributed by atoms with van der Waals surface area (Å²) < 4.78 is 12.7. The van der Waals surface area contributed by atoms with Crippen LogP contribution in [-0.4, -0.2) is 12.5 Å².